The lowest BCUT2D eigenvalue weighted by Gasteiger charge is -2.33. The molecule has 76 valence electrons. The number of ether oxygens (including phenoxy) is 1. The average Bonchev–Trinajstić information content (AvgIpc) is 2.89. The van der Waals surface area contributed by atoms with Gasteiger partial charge in [0, 0.05) is 6.61 Å². The van der Waals surface area contributed by atoms with Crippen LogP contribution in [-0.4, -0.2) is 13.2 Å². The smallest absolute Gasteiger partial charge is 0.0519 e. The van der Waals surface area contributed by atoms with E-state index in [-0.39, 0.29) is 0 Å². The summed E-state index contributed by atoms with van der Waals surface area (Å²) in [7, 11) is 0. The van der Waals surface area contributed by atoms with Gasteiger partial charge in [0.05, 0.1) is 6.61 Å². The minimum Gasteiger partial charge on any atom is -0.381 e. The summed E-state index contributed by atoms with van der Waals surface area (Å²) in [6.45, 7) is 4.46. The first-order valence-corrected chi connectivity index (χ1v) is 5.86. The van der Waals surface area contributed by atoms with Gasteiger partial charge in [-0.3, -0.25) is 0 Å². The second-order valence-corrected chi connectivity index (χ2v) is 5.33. The molecule has 2 saturated carbocycles. The van der Waals surface area contributed by atoms with Crippen LogP contribution < -0.4 is 0 Å². The molecule has 0 bridgehead atoms. The maximum atomic E-state index is 5.80. The Labute approximate surface area is 81.9 Å². The highest BCUT2D eigenvalue weighted by atomic mass is 16.5. The standard InChI is InChI=1S/C12H22O/c1-12(7-3-2-4-8-12)10-13-9-11-5-6-11/h11H,2-10H2,1H3. The minimum atomic E-state index is 0.521. The van der Waals surface area contributed by atoms with E-state index >= 15 is 0 Å². The van der Waals surface area contributed by atoms with Crippen LogP contribution in [0.25, 0.3) is 0 Å². The van der Waals surface area contributed by atoms with Crippen LogP contribution in [0.4, 0.5) is 0 Å². The van der Waals surface area contributed by atoms with Crippen molar-refractivity contribution >= 4 is 0 Å². The van der Waals surface area contributed by atoms with Gasteiger partial charge in [-0.25, -0.2) is 0 Å². The summed E-state index contributed by atoms with van der Waals surface area (Å²) in [5.41, 5.74) is 0.521. The van der Waals surface area contributed by atoms with Gasteiger partial charge in [-0.15, -0.1) is 0 Å². The third-order valence-electron chi connectivity index (χ3n) is 3.56. The zero-order valence-corrected chi connectivity index (χ0v) is 8.85. The lowest BCUT2D eigenvalue weighted by atomic mass is 9.76. The minimum absolute atomic E-state index is 0.521. The monoisotopic (exact) mass is 182 g/mol. The Morgan fingerprint density at radius 2 is 1.85 bits per heavy atom. The van der Waals surface area contributed by atoms with E-state index < -0.39 is 0 Å². The molecule has 0 saturated heterocycles. The second-order valence-electron chi connectivity index (χ2n) is 5.33. The Balaban J connectivity index is 1.64. The molecule has 0 aromatic heterocycles. The Morgan fingerprint density at radius 1 is 1.15 bits per heavy atom. The van der Waals surface area contributed by atoms with Crippen LogP contribution in [0, 0.1) is 11.3 Å². The van der Waals surface area contributed by atoms with Crippen LogP contribution in [0.1, 0.15) is 51.9 Å². The van der Waals surface area contributed by atoms with Crippen LogP contribution in [0.3, 0.4) is 0 Å². The average molecular weight is 182 g/mol. The van der Waals surface area contributed by atoms with E-state index in [2.05, 4.69) is 6.92 Å². The topological polar surface area (TPSA) is 9.23 Å². The maximum absolute atomic E-state index is 5.80. The van der Waals surface area contributed by atoms with Crippen molar-refractivity contribution in [2.75, 3.05) is 13.2 Å². The van der Waals surface area contributed by atoms with E-state index in [1.807, 2.05) is 0 Å². The van der Waals surface area contributed by atoms with Crippen molar-refractivity contribution in [3.05, 3.63) is 0 Å². The molecular formula is C12H22O. The second kappa shape index (κ2) is 4.00. The summed E-state index contributed by atoms with van der Waals surface area (Å²) >= 11 is 0. The van der Waals surface area contributed by atoms with E-state index in [0.29, 0.717) is 5.41 Å². The summed E-state index contributed by atoms with van der Waals surface area (Å²) in [4.78, 5) is 0. The predicted molar refractivity (Wildman–Crippen MR) is 54.7 cm³/mol. The molecule has 13 heavy (non-hydrogen) atoms. The van der Waals surface area contributed by atoms with Gasteiger partial charge < -0.3 is 4.74 Å². The van der Waals surface area contributed by atoms with Crippen molar-refractivity contribution in [1.82, 2.24) is 0 Å². The quantitative estimate of drug-likeness (QED) is 0.647. The van der Waals surface area contributed by atoms with Crippen LogP contribution in [0.2, 0.25) is 0 Å². The molecule has 0 amide bonds. The molecule has 0 aromatic carbocycles. The molecule has 0 heterocycles. The van der Waals surface area contributed by atoms with E-state index in [0.717, 1.165) is 19.1 Å². The van der Waals surface area contributed by atoms with Gasteiger partial charge in [-0.1, -0.05) is 26.2 Å². The predicted octanol–water partition coefficient (Wildman–Crippen LogP) is 3.38. The lowest BCUT2D eigenvalue weighted by Crippen LogP contribution is -2.26. The Morgan fingerprint density at radius 3 is 2.46 bits per heavy atom. The van der Waals surface area contributed by atoms with Gasteiger partial charge in [0.15, 0.2) is 0 Å². The van der Waals surface area contributed by atoms with E-state index in [9.17, 15) is 0 Å². The highest BCUT2D eigenvalue weighted by Gasteiger charge is 2.28. The van der Waals surface area contributed by atoms with Gasteiger partial charge in [0.1, 0.15) is 0 Å². The first kappa shape index (κ1) is 9.51. The first-order valence-electron chi connectivity index (χ1n) is 5.86. The number of hydrogen-bond acceptors (Lipinski definition) is 1. The zero-order valence-electron chi connectivity index (χ0n) is 8.85. The molecule has 2 aliphatic carbocycles. The van der Waals surface area contributed by atoms with Crippen LogP contribution in [0.5, 0.6) is 0 Å². The van der Waals surface area contributed by atoms with Gasteiger partial charge in [-0.2, -0.15) is 0 Å². The Bertz CT molecular complexity index is 155. The lowest BCUT2D eigenvalue weighted by molar-refractivity contribution is 0.0264. The highest BCUT2D eigenvalue weighted by molar-refractivity contribution is 4.79. The first-order chi connectivity index (χ1) is 6.29. The molecule has 0 unspecified atom stereocenters. The molecule has 1 heteroatoms. The van der Waals surface area contributed by atoms with Gasteiger partial charge in [0.25, 0.3) is 0 Å². The van der Waals surface area contributed by atoms with E-state index in [1.165, 1.54) is 44.9 Å². The van der Waals surface area contributed by atoms with Crippen LogP contribution in [0.15, 0.2) is 0 Å². The van der Waals surface area contributed by atoms with Crippen molar-refractivity contribution in [3.63, 3.8) is 0 Å². The van der Waals surface area contributed by atoms with Gasteiger partial charge >= 0.3 is 0 Å². The number of rotatable bonds is 4. The highest BCUT2D eigenvalue weighted by Crippen LogP contribution is 2.36. The van der Waals surface area contributed by atoms with Crippen molar-refractivity contribution in [2.45, 2.75) is 51.9 Å². The molecule has 0 N–H and O–H groups in total. The van der Waals surface area contributed by atoms with Crippen molar-refractivity contribution in [1.29, 1.82) is 0 Å². The molecule has 1 nitrogen and oxygen atoms in total. The molecule has 0 radical (unpaired) electrons. The molecule has 2 aliphatic rings. The van der Waals surface area contributed by atoms with Gasteiger partial charge in [0.2, 0.25) is 0 Å². The summed E-state index contributed by atoms with van der Waals surface area (Å²) in [5, 5.41) is 0. The fourth-order valence-electron chi connectivity index (χ4n) is 2.31. The largest absolute Gasteiger partial charge is 0.381 e. The molecule has 0 aromatic rings. The van der Waals surface area contributed by atoms with Crippen molar-refractivity contribution < 1.29 is 4.74 Å². The Kier molecular flexibility index (Phi) is 2.92. The van der Waals surface area contributed by atoms with E-state index in [4.69, 9.17) is 4.74 Å². The third kappa shape index (κ3) is 2.98. The summed E-state index contributed by atoms with van der Waals surface area (Å²) in [6.07, 6.45) is 9.88. The SMILES string of the molecule is CC1(COCC2CC2)CCCCC1. The molecule has 2 fully saturated rings. The molecule has 0 aliphatic heterocycles. The van der Waals surface area contributed by atoms with Crippen molar-refractivity contribution in [3.8, 4) is 0 Å². The summed E-state index contributed by atoms with van der Waals surface area (Å²) < 4.78 is 5.80. The Hall–Kier alpha value is -0.0400. The number of hydrogen-bond donors (Lipinski definition) is 0. The molecular weight excluding hydrogens is 160 g/mol. The van der Waals surface area contributed by atoms with Gasteiger partial charge in [-0.05, 0) is 37.0 Å². The molecule has 0 atom stereocenters. The van der Waals surface area contributed by atoms with E-state index in [1.54, 1.807) is 0 Å². The zero-order chi connectivity index (χ0) is 9.15. The third-order valence-corrected chi connectivity index (χ3v) is 3.56. The van der Waals surface area contributed by atoms with Crippen molar-refractivity contribution in [2.24, 2.45) is 11.3 Å². The molecule has 2 rings (SSSR count). The summed E-state index contributed by atoms with van der Waals surface area (Å²) in [6, 6.07) is 0. The normalized spacial score (nSPS) is 27.5. The maximum Gasteiger partial charge on any atom is 0.0519 e. The summed E-state index contributed by atoms with van der Waals surface area (Å²) in [5.74, 6) is 0.923. The molecule has 0 spiro atoms. The fraction of sp³-hybridized carbons (Fsp3) is 1.00. The fourth-order valence-corrected chi connectivity index (χ4v) is 2.31. The van der Waals surface area contributed by atoms with Crippen LogP contribution in [-0.2, 0) is 4.74 Å². The van der Waals surface area contributed by atoms with Crippen LogP contribution >= 0.6 is 0 Å².